The lowest BCUT2D eigenvalue weighted by molar-refractivity contribution is -0.150. The number of alkyl halides is 1. The van der Waals surface area contributed by atoms with Crippen LogP contribution in [0.15, 0.2) is 0 Å². The van der Waals surface area contributed by atoms with Gasteiger partial charge in [-0.2, -0.15) is 4.90 Å². The van der Waals surface area contributed by atoms with Crippen LogP contribution in [-0.2, 0) is 19.0 Å². The first kappa shape index (κ1) is 26.4. The van der Waals surface area contributed by atoms with Crippen LogP contribution in [0.25, 0.3) is 0 Å². The van der Waals surface area contributed by atoms with E-state index in [0.29, 0.717) is 4.90 Å². The molecule has 8 nitrogen and oxygen atoms in total. The van der Waals surface area contributed by atoms with Crippen LogP contribution in [0.2, 0.25) is 0 Å². The SMILES string of the molecule is COC(=O)[C@@]1(N(C(=O)OC(C)(C)C)C(=O)OC(C)(C)C)C[C@@]1(F)CCCN.Cl. The second-order valence-corrected chi connectivity index (χ2v) is 8.68. The van der Waals surface area contributed by atoms with Crippen molar-refractivity contribution in [2.75, 3.05) is 13.7 Å². The Hall–Kier alpha value is -1.61. The molecule has 28 heavy (non-hydrogen) atoms. The molecule has 0 aromatic heterocycles. The molecule has 2 N–H and O–H groups in total. The molecular formula is C18H32ClFN2O6. The summed E-state index contributed by atoms with van der Waals surface area (Å²) in [6.07, 6.45) is -2.58. The molecule has 0 heterocycles. The van der Waals surface area contributed by atoms with E-state index in [1.165, 1.54) is 0 Å². The summed E-state index contributed by atoms with van der Waals surface area (Å²) < 4.78 is 30.7. The predicted molar refractivity (Wildman–Crippen MR) is 103 cm³/mol. The number of rotatable bonds is 5. The molecule has 0 radical (unpaired) electrons. The third kappa shape index (κ3) is 5.70. The molecule has 10 heteroatoms. The summed E-state index contributed by atoms with van der Waals surface area (Å²) in [5, 5.41) is 0. The number of esters is 1. The fraction of sp³-hybridized carbons (Fsp3) is 0.833. The van der Waals surface area contributed by atoms with Crippen molar-refractivity contribution in [3.05, 3.63) is 0 Å². The zero-order valence-corrected chi connectivity index (χ0v) is 18.4. The number of imide groups is 1. The minimum Gasteiger partial charge on any atom is -0.467 e. The van der Waals surface area contributed by atoms with Crippen LogP contribution in [-0.4, -0.2) is 59.1 Å². The molecule has 2 atom stereocenters. The molecule has 0 aliphatic heterocycles. The van der Waals surface area contributed by atoms with E-state index >= 15 is 4.39 Å². The van der Waals surface area contributed by atoms with Crippen LogP contribution in [0.5, 0.6) is 0 Å². The number of hydrogen-bond donors (Lipinski definition) is 1. The highest BCUT2D eigenvalue weighted by atomic mass is 35.5. The second kappa shape index (κ2) is 8.82. The first-order valence-electron chi connectivity index (χ1n) is 8.87. The fourth-order valence-electron chi connectivity index (χ4n) is 2.83. The summed E-state index contributed by atoms with van der Waals surface area (Å²) in [5.74, 6) is -1.04. The van der Waals surface area contributed by atoms with Crippen LogP contribution in [0.4, 0.5) is 14.0 Å². The third-order valence-electron chi connectivity index (χ3n) is 3.99. The smallest absolute Gasteiger partial charge is 0.420 e. The Bertz CT molecular complexity index is 576. The number of amides is 2. The van der Waals surface area contributed by atoms with E-state index in [1.807, 2.05) is 0 Å². The molecular weight excluding hydrogens is 395 g/mol. The van der Waals surface area contributed by atoms with Gasteiger partial charge in [0.1, 0.15) is 16.9 Å². The molecule has 2 amide bonds. The van der Waals surface area contributed by atoms with Gasteiger partial charge in [0.2, 0.25) is 0 Å². The van der Waals surface area contributed by atoms with Gasteiger partial charge in [0.05, 0.1) is 7.11 Å². The van der Waals surface area contributed by atoms with Crippen molar-refractivity contribution in [3.8, 4) is 0 Å². The lowest BCUT2D eigenvalue weighted by atomic mass is 10.1. The Labute approximate surface area is 171 Å². The van der Waals surface area contributed by atoms with Gasteiger partial charge in [0.15, 0.2) is 5.54 Å². The van der Waals surface area contributed by atoms with Gasteiger partial charge >= 0.3 is 18.2 Å². The Kier molecular flexibility index (Phi) is 8.31. The van der Waals surface area contributed by atoms with Crippen molar-refractivity contribution >= 4 is 30.6 Å². The maximum absolute atomic E-state index is 15.5. The standard InChI is InChI=1S/C18H31FN2O6.ClH/c1-15(2,3)26-13(23)21(14(24)27-16(4,5)6)18(12(22)25-7)11-17(18,19)9-8-10-20;/h8-11,20H2,1-7H3;1H/t17-,18-;/m0./s1. The quantitative estimate of drug-likeness (QED) is 0.530. The summed E-state index contributed by atoms with van der Waals surface area (Å²) in [6.45, 7) is 9.74. The van der Waals surface area contributed by atoms with Crippen LogP contribution in [0.1, 0.15) is 60.8 Å². The molecule has 164 valence electrons. The monoisotopic (exact) mass is 426 g/mol. The molecule has 0 aromatic rings. The van der Waals surface area contributed by atoms with Gasteiger partial charge in [-0.25, -0.2) is 18.8 Å². The summed E-state index contributed by atoms with van der Waals surface area (Å²) in [6, 6.07) is 0. The predicted octanol–water partition coefficient (Wildman–Crippen LogP) is 3.34. The van der Waals surface area contributed by atoms with Crippen molar-refractivity contribution in [1.82, 2.24) is 4.90 Å². The number of carbonyl (C=O) groups is 3. The normalized spacial score (nSPS) is 23.9. The summed E-state index contributed by atoms with van der Waals surface area (Å²) in [4.78, 5) is 38.4. The van der Waals surface area contributed by atoms with Gasteiger partial charge in [-0.15, -0.1) is 12.4 Å². The third-order valence-corrected chi connectivity index (χ3v) is 3.99. The number of hydrogen-bond acceptors (Lipinski definition) is 7. The highest BCUT2D eigenvalue weighted by Crippen LogP contribution is 2.59. The molecule has 1 fully saturated rings. The highest BCUT2D eigenvalue weighted by Gasteiger charge is 2.80. The maximum Gasteiger partial charge on any atom is 0.420 e. The lowest BCUT2D eigenvalue weighted by Gasteiger charge is -2.33. The van der Waals surface area contributed by atoms with Gasteiger partial charge in [-0.3, -0.25) is 0 Å². The number of nitrogens with two attached hydrogens (primary N) is 1. The molecule has 0 saturated heterocycles. The average Bonchev–Trinajstić information content (AvgIpc) is 3.07. The van der Waals surface area contributed by atoms with Crippen LogP contribution < -0.4 is 5.73 Å². The maximum atomic E-state index is 15.5. The number of ether oxygens (including phenoxy) is 3. The largest absolute Gasteiger partial charge is 0.467 e. The minimum absolute atomic E-state index is 0. The second-order valence-electron chi connectivity index (χ2n) is 8.68. The van der Waals surface area contributed by atoms with Gasteiger partial charge in [0.25, 0.3) is 0 Å². The molecule has 1 rings (SSSR count). The van der Waals surface area contributed by atoms with Crippen molar-refractivity contribution in [1.29, 1.82) is 0 Å². The summed E-state index contributed by atoms with van der Waals surface area (Å²) in [5.41, 5.74) is -0.798. The Morgan fingerprint density at radius 2 is 1.46 bits per heavy atom. The summed E-state index contributed by atoms with van der Waals surface area (Å²) >= 11 is 0. The zero-order chi connectivity index (χ0) is 21.3. The molecule has 0 unspecified atom stereocenters. The Morgan fingerprint density at radius 1 is 1.04 bits per heavy atom. The average molecular weight is 427 g/mol. The lowest BCUT2D eigenvalue weighted by Crippen LogP contribution is -2.57. The summed E-state index contributed by atoms with van der Waals surface area (Å²) in [7, 11) is 1.06. The molecule has 1 aliphatic carbocycles. The van der Waals surface area contributed by atoms with Crippen LogP contribution in [0, 0.1) is 0 Å². The van der Waals surface area contributed by atoms with Gasteiger partial charge in [-0.05, 0) is 60.9 Å². The first-order chi connectivity index (χ1) is 12.1. The molecule has 1 saturated carbocycles. The van der Waals surface area contributed by atoms with Gasteiger partial charge < -0.3 is 19.9 Å². The van der Waals surface area contributed by atoms with Gasteiger partial charge in [0, 0.05) is 6.42 Å². The van der Waals surface area contributed by atoms with E-state index in [-0.39, 0.29) is 31.8 Å². The molecule has 0 bridgehead atoms. The van der Waals surface area contributed by atoms with Crippen LogP contribution in [0.3, 0.4) is 0 Å². The van der Waals surface area contributed by atoms with Crippen LogP contribution >= 0.6 is 12.4 Å². The molecule has 0 spiro atoms. The number of carbonyl (C=O) groups excluding carboxylic acids is 3. The van der Waals surface area contributed by atoms with Crippen molar-refractivity contribution in [3.63, 3.8) is 0 Å². The van der Waals surface area contributed by atoms with Gasteiger partial charge in [-0.1, -0.05) is 0 Å². The van der Waals surface area contributed by atoms with E-state index in [2.05, 4.69) is 0 Å². The minimum atomic E-state index is -2.16. The fourth-order valence-corrected chi connectivity index (χ4v) is 2.83. The molecule has 1 aliphatic rings. The number of methoxy groups -OCH3 is 1. The van der Waals surface area contributed by atoms with E-state index in [1.54, 1.807) is 41.5 Å². The first-order valence-corrected chi connectivity index (χ1v) is 8.87. The van der Waals surface area contributed by atoms with Crippen molar-refractivity contribution in [2.24, 2.45) is 5.73 Å². The Balaban J connectivity index is 0.00000729. The topological polar surface area (TPSA) is 108 Å². The van der Waals surface area contributed by atoms with E-state index in [4.69, 9.17) is 19.9 Å². The molecule has 0 aromatic carbocycles. The van der Waals surface area contributed by atoms with Crippen molar-refractivity contribution in [2.45, 2.75) is 83.2 Å². The highest BCUT2D eigenvalue weighted by molar-refractivity contribution is 6.00. The van der Waals surface area contributed by atoms with Crippen molar-refractivity contribution < 1.29 is 33.0 Å². The zero-order valence-electron chi connectivity index (χ0n) is 17.6. The van der Waals surface area contributed by atoms with E-state index in [9.17, 15) is 14.4 Å². The van der Waals surface area contributed by atoms with E-state index < -0.39 is 47.0 Å². The van der Waals surface area contributed by atoms with E-state index in [0.717, 1.165) is 7.11 Å². The number of halogens is 2. The Morgan fingerprint density at radius 3 is 1.79 bits per heavy atom. The number of nitrogens with zero attached hydrogens (tertiary/aromatic N) is 1.